The smallest absolute Gasteiger partial charge is 0.338 e. The molecule has 98 valence electrons. The highest BCUT2D eigenvalue weighted by molar-refractivity contribution is 9.09. The summed E-state index contributed by atoms with van der Waals surface area (Å²) in [6.07, 6.45) is 0. The lowest BCUT2D eigenvalue weighted by atomic mass is 10.0. The highest BCUT2D eigenvalue weighted by atomic mass is 79.9. The lowest BCUT2D eigenvalue weighted by Gasteiger charge is -2.11. The Balaban J connectivity index is 3.11. The minimum absolute atomic E-state index is 0.0391. The second kappa shape index (κ2) is 6.66. The third-order valence-corrected chi connectivity index (χ3v) is 3.62. The zero-order chi connectivity index (χ0) is 13.7. The van der Waals surface area contributed by atoms with Crippen LogP contribution in [0.4, 0.5) is 0 Å². The molecule has 0 aliphatic rings. The highest BCUT2D eigenvalue weighted by Gasteiger charge is 2.17. The quantitative estimate of drug-likeness (QED) is 0.669. The van der Waals surface area contributed by atoms with Gasteiger partial charge in [-0.2, -0.15) is 0 Å². The van der Waals surface area contributed by atoms with E-state index in [-0.39, 0.29) is 19.0 Å². The Kier molecular flexibility index (Phi) is 5.50. The van der Waals surface area contributed by atoms with Gasteiger partial charge >= 0.3 is 5.97 Å². The maximum absolute atomic E-state index is 11.6. The van der Waals surface area contributed by atoms with E-state index in [1.54, 1.807) is 25.1 Å². The van der Waals surface area contributed by atoms with E-state index in [1.165, 1.54) is 6.92 Å². The maximum atomic E-state index is 11.6. The Morgan fingerprint density at radius 1 is 1.44 bits per heavy atom. The van der Waals surface area contributed by atoms with E-state index in [0.717, 1.165) is 0 Å². The molecular formula is C13H15BrO4. The molecule has 1 aromatic carbocycles. The van der Waals surface area contributed by atoms with Crippen LogP contribution >= 0.6 is 15.9 Å². The minimum Gasteiger partial charge on any atom is -0.462 e. The molecule has 0 aromatic heterocycles. The molecule has 0 fully saturated rings. The van der Waals surface area contributed by atoms with Crippen molar-refractivity contribution in [1.29, 1.82) is 0 Å². The monoisotopic (exact) mass is 314 g/mol. The van der Waals surface area contributed by atoms with Crippen molar-refractivity contribution in [3.8, 4) is 0 Å². The number of halogens is 1. The summed E-state index contributed by atoms with van der Waals surface area (Å²) in [5.41, 5.74) is 1.49. The molecule has 0 aliphatic heterocycles. The zero-order valence-electron chi connectivity index (χ0n) is 10.3. The van der Waals surface area contributed by atoms with E-state index < -0.39 is 10.8 Å². The molecule has 0 aliphatic carbocycles. The first-order chi connectivity index (χ1) is 8.51. The summed E-state index contributed by atoms with van der Waals surface area (Å²) in [5.74, 6) is -0.509. The van der Waals surface area contributed by atoms with Gasteiger partial charge in [-0.15, -0.1) is 0 Å². The molecular weight excluding hydrogens is 300 g/mol. The first-order valence-corrected chi connectivity index (χ1v) is 6.48. The van der Waals surface area contributed by atoms with Crippen LogP contribution in [0.25, 0.3) is 0 Å². The average molecular weight is 315 g/mol. The van der Waals surface area contributed by atoms with Crippen molar-refractivity contribution in [3.05, 3.63) is 34.9 Å². The fourth-order valence-corrected chi connectivity index (χ4v) is 1.83. The molecule has 0 radical (unpaired) electrons. The lowest BCUT2D eigenvalue weighted by molar-refractivity contribution is -0.116. The molecule has 1 N–H and O–H groups in total. The van der Waals surface area contributed by atoms with Gasteiger partial charge in [0.2, 0.25) is 0 Å². The SMILES string of the molecule is CCOC(=O)c1ccc(C(Br)C(C)=O)cc1CO. The zero-order valence-corrected chi connectivity index (χ0v) is 11.9. The van der Waals surface area contributed by atoms with Crippen LogP contribution < -0.4 is 0 Å². The van der Waals surface area contributed by atoms with Crippen molar-refractivity contribution < 1.29 is 19.4 Å². The molecule has 5 heteroatoms. The molecule has 4 nitrogen and oxygen atoms in total. The van der Waals surface area contributed by atoms with Crippen LogP contribution in [0.15, 0.2) is 18.2 Å². The second-order valence-corrected chi connectivity index (χ2v) is 4.68. The van der Waals surface area contributed by atoms with Gasteiger partial charge in [-0.05, 0) is 31.0 Å². The molecule has 1 aromatic rings. The number of rotatable bonds is 5. The van der Waals surface area contributed by atoms with Crippen molar-refractivity contribution in [1.82, 2.24) is 0 Å². The van der Waals surface area contributed by atoms with E-state index in [2.05, 4.69) is 15.9 Å². The van der Waals surface area contributed by atoms with Gasteiger partial charge < -0.3 is 9.84 Å². The lowest BCUT2D eigenvalue weighted by Crippen LogP contribution is -2.10. The molecule has 0 saturated heterocycles. The van der Waals surface area contributed by atoms with Gasteiger partial charge in [-0.25, -0.2) is 4.79 Å². The molecule has 0 saturated carbocycles. The number of carbonyl (C=O) groups excluding carboxylic acids is 2. The van der Waals surface area contributed by atoms with Gasteiger partial charge in [0.25, 0.3) is 0 Å². The molecule has 0 spiro atoms. The molecule has 1 atom stereocenters. The third-order valence-electron chi connectivity index (χ3n) is 2.44. The predicted molar refractivity (Wildman–Crippen MR) is 70.7 cm³/mol. The number of aliphatic hydroxyl groups excluding tert-OH is 1. The van der Waals surface area contributed by atoms with Crippen LogP contribution in [0, 0.1) is 0 Å². The Labute approximate surface area is 114 Å². The van der Waals surface area contributed by atoms with Crippen LogP contribution in [-0.4, -0.2) is 23.5 Å². The number of ether oxygens (including phenoxy) is 1. The van der Waals surface area contributed by atoms with Crippen LogP contribution in [0.2, 0.25) is 0 Å². The van der Waals surface area contributed by atoms with Crippen LogP contribution in [0.1, 0.15) is 40.2 Å². The van der Waals surface area contributed by atoms with Crippen molar-refractivity contribution >= 4 is 27.7 Å². The molecule has 0 heterocycles. The maximum Gasteiger partial charge on any atom is 0.338 e. The van der Waals surface area contributed by atoms with E-state index in [0.29, 0.717) is 16.7 Å². The normalized spacial score (nSPS) is 12.0. The number of Topliss-reactive ketones (excluding diaryl/α,β-unsaturated/α-hetero) is 1. The van der Waals surface area contributed by atoms with Crippen LogP contribution in [0.5, 0.6) is 0 Å². The first kappa shape index (κ1) is 14.9. The Hall–Kier alpha value is -1.20. The van der Waals surface area contributed by atoms with Gasteiger partial charge in [0.1, 0.15) is 5.78 Å². The third kappa shape index (κ3) is 3.40. The first-order valence-electron chi connectivity index (χ1n) is 5.56. The van der Waals surface area contributed by atoms with Crippen molar-refractivity contribution in [2.45, 2.75) is 25.3 Å². The Morgan fingerprint density at radius 2 is 2.11 bits per heavy atom. The fraction of sp³-hybridized carbons (Fsp3) is 0.385. The van der Waals surface area contributed by atoms with Crippen molar-refractivity contribution in [2.75, 3.05) is 6.61 Å². The summed E-state index contributed by atoms with van der Waals surface area (Å²) in [6.45, 7) is 3.19. The van der Waals surface area contributed by atoms with Gasteiger partial charge in [0.15, 0.2) is 0 Å². The Bertz CT molecular complexity index is 456. The summed E-state index contributed by atoms with van der Waals surface area (Å²) in [5, 5.41) is 9.27. The van der Waals surface area contributed by atoms with E-state index in [4.69, 9.17) is 4.74 Å². The van der Waals surface area contributed by atoms with E-state index in [9.17, 15) is 14.7 Å². The molecule has 0 amide bonds. The average Bonchev–Trinajstić information content (AvgIpc) is 2.37. The Morgan fingerprint density at radius 3 is 2.61 bits per heavy atom. The fourth-order valence-electron chi connectivity index (χ4n) is 1.54. The van der Waals surface area contributed by atoms with E-state index >= 15 is 0 Å². The van der Waals surface area contributed by atoms with Crippen molar-refractivity contribution in [3.63, 3.8) is 0 Å². The van der Waals surface area contributed by atoms with Crippen molar-refractivity contribution in [2.24, 2.45) is 0 Å². The molecule has 1 rings (SSSR count). The van der Waals surface area contributed by atoms with Crippen LogP contribution in [0.3, 0.4) is 0 Å². The van der Waals surface area contributed by atoms with Gasteiger partial charge in [-0.3, -0.25) is 4.79 Å². The number of hydrogen-bond acceptors (Lipinski definition) is 4. The van der Waals surface area contributed by atoms with Gasteiger partial charge in [-0.1, -0.05) is 28.1 Å². The number of carbonyl (C=O) groups is 2. The highest BCUT2D eigenvalue weighted by Crippen LogP contribution is 2.26. The minimum atomic E-state index is -0.470. The molecule has 0 bridgehead atoms. The number of aliphatic hydroxyl groups is 1. The largest absolute Gasteiger partial charge is 0.462 e. The second-order valence-electron chi connectivity index (χ2n) is 3.77. The van der Waals surface area contributed by atoms with Crippen LogP contribution in [-0.2, 0) is 16.1 Å². The number of benzene rings is 1. The van der Waals surface area contributed by atoms with Gasteiger partial charge in [0, 0.05) is 0 Å². The molecule has 18 heavy (non-hydrogen) atoms. The number of esters is 1. The van der Waals surface area contributed by atoms with Gasteiger partial charge in [0.05, 0.1) is 23.6 Å². The standard InChI is InChI=1S/C13H15BrO4/c1-3-18-13(17)11-5-4-9(6-10(11)7-15)12(14)8(2)16/h4-6,12,15H,3,7H2,1-2H3. The summed E-state index contributed by atoms with van der Waals surface area (Å²) >= 11 is 3.26. The summed E-state index contributed by atoms with van der Waals surface area (Å²) in [6, 6.07) is 4.87. The summed E-state index contributed by atoms with van der Waals surface area (Å²) in [4.78, 5) is 22.5. The predicted octanol–water partition coefficient (Wildman–Crippen LogP) is 2.38. The molecule has 1 unspecified atom stereocenters. The number of ketones is 1. The summed E-state index contributed by atoms with van der Waals surface area (Å²) in [7, 11) is 0. The topological polar surface area (TPSA) is 63.6 Å². The number of alkyl halides is 1. The number of hydrogen-bond donors (Lipinski definition) is 1. The summed E-state index contributed by atoms with van der Waals surface area (Å²) < 4.78 is 4.89. The van der Waals surface area contributed by atoms with E-state index in [1.807, 2.05) is 0 Å².